The van der Waals surface area contributed by atoms with Crippen LogP contribution in [0.25, 0.3) is 0 Å². The quantitative estimate of drug-likeness (QED) is 0.667. The smallest absolute Gasteiger partial charge is 0.261 e. The number of hydrogen-bond acceptors (Lipinski definition) is 4. The second kappa shape index (κ2) is 7.17. The van der Waals surface area contributed by atoms with Crippen molar-refractivity contribution in [2.24, 2.45) is 0 Å². The molecular formula is C22H20ClN3O2. The number of anilines is 2. The van der Waals surface area contributed by atoms with Crippen LogP contribution in [0.3, 0.4) is 0 Å². The van der Waals surface area contributed by atoms with Crippen LogP contribution in [0.5, 0.6) is 5.75 Å². The Balaban J connectivity index is 1.82. The number of aryl methyl sites for hydroxylation is 2. The maximum atomic E-state index is 13.2. The normalized spacial score (nSPS) is 15.5. The highest BCUT2D eigenvalue weighted by Crippen LogP contribution is 2.40. The summed E-state index contributed by atoms with van der Waals surface area (Å²) in [6.45, 7) is 3.91. The van der Waals surface area contributed by atoms with Crippen molar-refractivity contribution in [2.75, 3.05) is 17.3 Å². The number of nitrogens with one attached hydrogen (secondary N) is 1. The maximum absolute atomic E-state index is 13.2. The maximum Gasteiger partial charge on any atom is 0.261 e. The number of amides is 1. The van der Waals surface area contributed by atoms with Crippen molar-refractivity contribution >= 4 is 29.0 Å². The lowest BCUT2D eigenvalue weighted by Gasteiger charge is -2.27. The molecule has 0 radical (unpaired) electrons. The molecule has 1 N–H and O–H groups in total. The third-order valence-corrected chi connectivity index (χ3v) is 5.29. The molecule has 28 heavy (non-hydrogen) atoms. The summed E-state index contributed by atoms with van der Waals surface area (Å²) in [4.78, 5) is 19.3. The van der Waals surface area contributed by atoms with Gasteiger partial charge < -0.3 is 10.1 Å². The number of methoxy groups -OCH3 is 1. The fourth-order valence-electron chi connectivity index (χ4n) is 3.44. The Morgan fingerprint density at radius 1 is 1.14 bits per heavy atom. The summed E-state index contributed by atoms with van der Waals surface area (Å²) in [5, 5.41) is 4.09. The van der Waals surface area contributed by atoms with E-state index >= 15 is 0 Å². The van der Waals surface area contributed by atoms with Gasteiger partial charge in [0, 0.05) is 28.4 Å². The predicted octanol–water partition coefficient (Wildman–Crippen LogP) is 5.13. The van der Waals surface area contributed by atoms with Crippen molar-refractivity contribution < 1.29 is 9.53 Å². The van der Waals surface area contributed by atoms with Gasteiger partial charge in [0.25, 0.3) is 5.91 Å². The van der Waals surface area contributed by atoms with Gasteiger partial charge in [0.2, 0.25) is 0 Å². The number of pyridine rings is 1. The molecule has 0 spiro atoms. The lowest BCUT2D eigenvalue weighted by molar-refractivity contribution is 0.0992. The molecule has 3 aromatic rings. The minimum absolute atomic E-state index is 0.0872. The predicted molar refractivity (Wildman–Crippen MR) is 111 cm³/mol. The Bertz CT molecular complexity index is 1070. The molecule has 1 aromatic heterocycles. The van der Waals surface area contributed by atoms with E-state index in [1.807, 2.05) is 56.3 Å². The molecule has 2 aromatic carbocycles. The van der Waals surface area contributed by atoms with Crippen LogP contribution < -0.4 is 15.0 Å². The van der Waals surface area contributed by atoms with Crippen LogP contribution in [-0.2, 0) is 0 Å². The number of carbonyl (C=O) groups is 1. The van der Waals surface area contributed by atoms with Gasteiger partial charge in [0.15, 0.2) is 0 Å². The molecule has 6 heteroatoms. The summed E-state index contributed by atoms with van der Waals surface area (Å²) in [6, 6.07) is 15.1. The number of carbonyl (C=O) groups excluding carboxylic acids is 1. The molecule has 0 bridgehead atoms. The standard InChI is InChI=1S/C22H20ClN3O2/c1-13-8-9-24-20(10-13)26-21(15-6-4-5-7-16(15)22(26)27)25-18-11-14(2)17(23)12-19(18)28-3/h4-12,21,25H,1-3H3/t21-/m0/s1. The molecule has 142 valence electrons. The summed E-state index contributed by atoms with van der Waals surface area (Å²) < 4.78 is 5.50. The molecule has 1 aliphatic heterocycles. The minimum Gasteiger partial charge on any atom is -0.495 e. The van der Waals surface area contributed by atoms with Crippen LogP contribution in [0.1, 0.15) is 33.2 Å². The van der Waals surface area contributed by atoms with Gasteiger partial charge in [-0.2, -0.15) is 0 Å². The third kappa shape index (κ3) is 3.08. The number of fused-ring (bicyclic) bond motifs is 1. The average Bonchev–Trinajstić information content (AvgIpc) is 2.97. The van der Waals surface area contributed by atoms with Gasteiger partial charge in [-0.15, -0.1) is 0 Å². The number of hydrogen-bond donors (Lipinski definition) is 1. The van der Waals surface area contributed by atoms with Crippen molar-refractivity contribution in [3.05, 3.63) is 82.0 Å². The fourth-order valence-corrected chi connectivity index (χ4v) is 3.59. The number of benzene rings is 2. The molecule has 1 atom stereocenters. The van der Waals surface area contributed by atoms with E-state index in [1.165, 1.54) is 0 Å². The molecule has 4 rings (SSSR count). The Morgan fingerprint density at radius 2 is 1.93 bits per heavy atom. The van der Waals surface area contributed by atoms with Gasteiger partial charge >= 0.3 is 0 Å². The van der Waals surface area contributed by atoms with Gasteiger partial charge in [-0.05, 0) is 49.2 Å². The van der Waals surface area contributed by atoms with E-state index < -0.39 is 6.17 Å². The van der Waals surface area contributed by atoms with Gasteiger partial charge in [-0.25, -0.2) is 4.98 Å². The number of nitrogens with zero attached hydrogens (tertiary/aromatic N) is 2. The van der Waals surface area contributed by atoms with E-state index in [2.05, 4.69) is 10.3 Å². The van der Waals surface area contributed by atoms with Crippen molar-refractivity contribution in [3.8, 4) is 5.75 Å². The number of rotatable bonds is 4. The number of halogens is 1. The Morgan fingerprint density at radius 3 is 2.68 bits per heavy atom. The van der Waals surface area contributed by atoms with Gasteiger partial charge in [0.05, 0.1) is 12.8 Å². The van der Waals surface area contributed by atoms with Crippen LogP contribution in [0.15, 0.2) is 54.7 Å². The Kier molecular flexibility index (Phi) is 4.69. The van der Waals surface area contributed by atoms with Crippen LogP contribution in [0.4, 0.5) is 11.5 Å². The van der Waals surface area contributed by atoms with E-state index in [0.717, 1.165) is 22.4 Å². The summed E-state index contributed by atoms with van der Waals surface area (Å²) >= 11 is 6.25. The third-order valence-electron chi connectivity index (χ3n) is 4.88. The molecule has 0 unspecified atom stereocenters. The highest BCUT2D eigenvalue weighted by Gasteiger charge is 2.38. The SMILES string of the molecule is COc1cc(Cl)c(C)cc1N[C@@H]1c2ccccc2C(=O)N1c1cc(C)ccn1. The molecule has 0 saturated carbocycles. The zero-order valence-corrected chi connectivity index (χ0v) is 16.6. The van der Waals surface area contributed by atoms with Crippen molar-refractivity contribution in [3.63, 3.8) is 0 Å². The zero-order chi connectivity index (χ0) is 19.8. The summed E-state index contributed by atoms with van der Waals surface area (Å²) in [7, 11) is 1.60. The van der Waals surface area contributed by atoms with Crippen molar-refractivity contribution in [1.29, 1.82) is 0 Å². The summed E-state index contributed by atoms with van der Waals surface area (Å²) in [5.41, 5.74) is 4.27. The largest absolute Gasteiger partial charge is 0.495 e. The van der Waals surface area contributed by atoms with E-state index in [1.54, 1.807) is 24.3 Å². The van der Waals surface area contributed by atoms with Crippen LogP contribution in [0, 0.1) is 13.8 Å². The van der Waals surface area contributed by atoms with Crippen LogP contribution in [-0.4, -0.2) is 18.0 Å². The van der Waals surface area contributed by atoms with Crippen LogP contribution in [0.2, 0.25) is 5.02 Å². The highest BCUT2D eigenvalue weighted by molar-refractivity contribution is 6.31. The lowest BCUT2D eigenvalue weighted by atomic mass is 10.1. The van der Waals surface area contributed by atoms with Gasteiger partial charge in [-0.1, -0.05) is 29.8 Å². The minimum atomic E-state index is -0.410. The van der Waals surface area contributed by atoms with Gasteiger partial charge in [0.1, 0.15) is 17.7 Å². The summed E-state index contributed by atoms with van der Waals surface area (Å²) in [6.07, 6.45) is 1.30. The average molecular weight is 394 g/mol. The first kappa shape index (κ1) is 18.3. The molecule has 0 saturated heterocycles. The molecule has 0 fully saturated rings. The van der Waals surface area contributed by atoms with Gasteiger partial charge in [-0.3, -0.25) is 9.69 Å². The molecule has 1 aliphatic rings. The number of ether oxygens (including phenoxy) is 1. The lowest BCUT2D eigenvalue weighted by Crippen LogP contribution is -2.33. The number of aromatic nitrogens is 1. The molecule has 0 aliphatic carbocycles. The zero-order valence-electron chi connectivity index (χ0n) is 15.9. The Hall–Kier alpha value is -3.05. The first-order valence-corrected chi connectivity index (χ1v) is 9.33. The van der Waals surface area contributed by atoms with Crippen molar-refractivity contribution in [2.45, 2.75) is 20.0 Å². The monoisotopic (exact) mass is 393 g/mol. The summed E-state index contributed by atoms with van der Waals surface area (Å²) in [5.74, 6) is 1.13. The topological polar surface area (TPSA) is 54.5 Å². The van der Waals surface area contributed by atoms with Crippen LogP contribution >= 0.6 is 11.6 Å². The first-order valence-electron chi connectivity index (χ1n) is 8.95. The highest BCUT2D eigenvalue weighted by atomic mass is 35.5. The second-order valence-electron chi connectivity index (χ2n) is 6.80. The van der Waals surface area contributed by atoms with E-state index in [-0.39, 0.29) is 5.91 Å². The van der Waals surface area contributed by atoms with E-state index in [4.69, 9.17) is 16.3 Å². The molecule has 1 amide bonds. The fraction of sp³-hybridized carbons (Fsp3) is 0.182. The molecular weight excluding hydrogens is 374 g/mol. The Labute approximate surface area is 168 Å². The second-order valence-corrected chi connectivity index (χ2v) is 7.21. The molecule has 2 heterocycles. The van der Waals surface area contributed by atoms with E-state index in [9.17, 15) is 4.79 Å². The van der Waals surface area contributed by atoms with E-state index in [0.29, 0.717) is 22.2 Å². The van der Waals surface area contributed by atoms with Crippen molar-refractivity contribution in [1.82, 2.24) is 4.98 Å². The molecule has 5 nitrogen and oxygen atoms in total. The first-order chi connectivity index (χ1) is 13.5.